The zero-order chi connectivity index (χ0) is 20.4. The molecule has 1 saturated carbocycles. The number of sulfone groups is 1. The predicted octanol–water partition coefficient (Wildman–Crippen LogP) is 1.31. The highest BCUT2D eigenvalue weighted by molar-refractivity contribution is 7.91. The van der Waals surface area contributed by atoms with Gasteiger partial charge in [-0.25, -0.2) is 8.42 Å². The molecular weight excluding hydrogens is 394 g/mol. The first kappa shape index (κ1) is 19.8. The maximum absolute atomic E-state index is 13.1. The molecule has 10 heteroatoms. The molecule has 4 rings (SSSR count). The Morgan fingerprint density at radius 1 is 1.24 bits per heavy atom. The van der Waals surface area contributed by atoms with E-state index in [9.17, 15) is 13.2 Å². The molecule has 1 atom stereocenters. The van der Waals surface area contributed by atoms with E-state index >= 15 is 0 Å². The van der Waals surface area contributed by atoms with Crippen LogP contribution in [0.3, 0.4) is 0 Å². The summed E-state index contributed by atoms with van der Waals surface area (Å²) >= 11 is 0. The number of carbonyl (C=O) groups is 1. The van der Waals surface area contributed by atoms with E-state index in [0.717, 1.165) is 31.2 Å². The fourth-order valence-electron chi connectivity index (χ4n) is 4.27. The first-order valence-corrected chi connectivity index (χ1v) is 11.7. The number of ether oxygens (including phenoxy) is 1. The summed E-state index contributed by atoms with van der Waals surface area (Å²) in [5, 5.41) is 12.4. The van der Waals surface area contributed by atoms with Gasteiger partial charge in [-0.1, -0.05) is 25.0 Å². The molecule has 29 heavy (non-hydrogen) atoms. The van der Waals surface area contributed by atoms with E-state index in [1.807, 2.05) is 18.2 Å². The number of hydrogen-bond acceptors (Lipinski definition) is 7. The SMILES string of the molecule is COc1cccc(-c2nnn(CC(=O)N(C3CCCC3)[C@@H]3CCS(=O)(=O)C3)n2)c1. The van der Waals surface area contributed by atoms with Crippen molar-refractivity contribution in [1.82, 2.24) is 25.1 Å². The summed E-state index contributed by atoms with van der Waals surface area (Å²) in [5.74, 6) is 1.15. The molecule has 2 aromatic rings. The molecule has 1 aliphatic carbocycles. The maximum Gasteiger partial charge on any atom is 0.246 e. The number of tetrazole rings is 1. The van der Waals surface area contributed by atoms with E-state index in [2.05, 4.69) is 15.4 Å². The molecule has 2 heterocycles. The van der Waals surface area contributed by atoms with Crippen LogP contribution >= 0.6 is 0 Å². The largest absolute Gasteiger partial charge is 0.497 e. The highest BCUT2D eigenvalue weighted by atomic mass is 32.2. The van der Waals surface area contributed by atoms with E-state index in [4.69, 9.17) is 4.74 Å². The van der Waals surface area contributed by atoms with E-state index in [1.54, 1.807) is 18.1 Å². The second kappa shape index (κ2) is 8.10. The van der Waals surface area contributed by atoms with E-state index in [1.165, 1.54) is 4.80 Å². The van der Waals surface area contributed by atoms with E-state index in [0.29, 0.717) is 18.0 Å². The molecule has 1 amide bonds. The Kier molecular flexibility index (Phi) is 5.53. The van der Waals surface area contributed by atoms with Gasteiger partial charge in [-0.05, 0) is 36.6 Å². The second-order valence-electron chi connectivity index (χ2n) is 7.67. The molecular formula is C19H25N5O4S. The van der Waals surface area contributed by atoms with Crippen LogP contribution in [0.25, 0.3) is 11.4 Å². The first-order valence-electron chi connectivity index (χ1n) is 9.89. The molecule has 1 aliphatic heterocycles. The van der Waals surface area contributed by atoms with E-state index < -0.39 is 9.84 Å². The lowest BCUT2D eigenvalue weighted by Crippen LogP contribution is -2.48. The van der Waals surface area contributed by atoms with Crippen molar-refractivity contribution in [2.45, 2.75) is 50.7 Å². The number of hydrogen-bond donors (Lipinski definition) is 0. The number of aromatic nitrogens is 4. The van der Waals surface area contributed by atoms with Crippen molar-refractivity contribution >= 4 is 15.7 Å². The Bertz CT molecular complexity index is 984. The second-order valence-corrected chi connectivity index (χ2v) is 9.90. The van der Waals surface area contributed by atoms with Crippen LogP contribution in [0.5, 0.6) is 5.75 Å². The Morgan fingerprint density at radius 2 is 2.03 bits per heavy atom. The molecule has 9 nitrogen and oxygen atoms in total. The van der Waals surface area contributed by atoms with Gasteiger partial charge in [0.1, 0.15) is 12.3 Å². The lowest BCUT2D eigenvalue weighted by atomic mass is 10.1. The maximum atomic E-state index is 13.1. The van der Waals surface area contributed by atoms with Crippen LogP contribution in [0, 0.1) is 0 Å². The molecule has 1 aromatic heterocycles. The number of nitrogens with zero attached hydrogens (tertiary/aromatic N) is 5. The van der Waals surface area contributed by atoms with Crippen molar-refractivity contribution < 1.29 is 17.9 Å². The predicted molar refractivity (Wildman–Crippen MR) is 106 cm³/mol. The molecule has 0 bridgehead atoms. The van der Waals surface area contributed by atoms with Crippen LogP contribution in [0.4, 0.5) is 0 Å². The quantitative estimate of drug-likeness (QED) is 0.695. The molecule has 156 valence electrons. The molecule has 2 aliphatic rings. The molecule has 0 unspecified atom stereocenters. The van der Waals surface area contributed by atoms with Gasteiger partial charge in [0.15, 0.2) is 9.84 Å². The average Bonchev–Trinajstić information content (AvgIpc) is 3.44. The third kappa shape index (κ3) is 4.42. The highest BCUT2D eigenvalue weighted by Crippen LogP contribution is 2.29. The topological polar surface area (TPSA) is 107 Å². The number of carbonyl (C=O) groups excluding carboxylic acids is 1. The summed E-state index contributed by atoms with van der Waals surface area (Å²) in [5.41, 5.74) is 0.748. The normalized spacial score (nSPS) is 21.3. The highest BCUT2D eigenvalue weighted by Gasteiger charge is 2.39. The summed E-state index contributed by atoms with van der Waals surface area (Å²) in [4.78, 5) is 16.2. The van der Waals surface area contributed by atoms with Crippen molar-refractivity contribution in [3.8, 4) is 17.1 Å². The summed E-state index contributed by atoms with van der Waals surface area (Å²) < 4.78 is 29.1. The summed E-state index contributed by atoms with van der Waals surface area (Å²) in [6.45, 7) is -0.0516. The van der Waals surface area contributed by atoms with Gasteiger partial charge >= 0.3 is 0 Å². The molecule has 0 N–H and O–H groups in total. The van der Waals surface area contributed by atoms with Gasteiger partial charge < -0.3 is 9.64 Å². The van der Waals surface area contributed by atoms with Crippen LogP contribution in [-0.4, -0.2) is 70.1 Å². The summed E-state index contributed by atoms with van der Waals surface area (Å²) in [7, 11) is -1.48. The van der Waals surface area contributed by atoms with Crippen molar-refractivity contribution in [1.29, 1.82) is 0 Å². The van der Waals surface area contributed by atoms with Crippen molar-refractivity contribution in [2.24, 2.45) is 0 Å². The van der Waals surface area contributed by atoms with Gasteiger partial charge in [0.05, 0.1) is 18.6 Å². The van der Waals surface area contributed by atoms with Crippen molar-refractivity contribution in [3.05, 3.63) is 24.3 Å². The Balaban J connectivity index is 1.51. The van der Waals surface area contributed by atoms with Crippen molar-refractivity contribution in [3.63, 3.8) is 0 Å². The number of rotatable bonds is 6. The van der Waals surface area contributed by atoms with Crippen molar-refractivity contribution in [2.75, 3.05) is 18.6 Å². The van der Waals surface area contributed by atoms with Crippen LogP contribution < -0.4 is 4.74 Å². The first-order chi connectivity index (χ1) is 13.9. The lowest BCUT2D eigenvalue weighted by Gasteiger charge is -2.33. The number of benzene rings is 1. The minimum absolute atomic E-state index is 0.0507. The van der Waals surface area contributed by atoms with Gasteiger partial charge in [-0.2, -0.15) is 4.80 Å². The summed E-state index contributed by atoms with van der Waals surface area (Å²) in [6, 6.07) is 7.16. The zero-order valence-electron chi connectivity index (χ0n) is 16.4. The molecule has 1 saturated heterocycles. The van der Waals surface area contributed by atoms with Crippen LogP contribution in [0.1, 0.15) is 32.1 Å². The Morgan fingerprint density at radius 3 is 2.72 bits per heavy atom. The zero-order valence-corrected chi connectivity index (χ0v) is 17.2. The Labute approximate surface area is 169 Å². The van der Waals surface area contributed by atoms with Gasteiger partial charge in [0.25, 0.3) is 0 Å². The van der Waals surface area contributed by atoms with Gasteiger partial charge in [0, 0.05) is 17.6 Å². The monoisotopic (exact) mass is 419 g/mol. The van der Waals surface area contributed by atoms with E-state index in [-0.39, 0.29) is 36.0 Å². The van der Waals surface area contributed by atoms with Gasteiger partial charge in [-0.15, -0.1) is 10.2 Å². The smallest absolute Gasteiger partial charge is 0.246 e. The minimum Gasteiger partial charge on any atom is -0.497 e. The molecule has 0 spiro atoms. The van der Waals surface area contributed by atoms with Crippen LogP contribution in [0.15, 0.2) is 24.3 Å². The fraction of sp³-hybridized carbons (Fsp3) is 0.579. The van der Waals surface area contributed by atoms with Gasteiger partial charge in [-0.3, -0.25) is 4.79 Å². The lowest BCUT2D eigenvalue weighted by molar-refractivity contribution is -0.136. The van der Waals surface area contributed by atoms with Crippen LogP contribution in [0.2, 0.25) is 0 Å². The average molecular weight is 420 g/mol. The Hall–Kier alpha value is -2.49. The third-order valence-electron chi connectivity index (χ3n) is 5.67. The standard InChI is InChI=1S/C19H25N5O4S/c1-28-17-8-4-5-14(11-17)19-20-22-23(21-19)12-18(25)24(15-6-2-3-7-15)16-9-10-29(26,27)13-16/h4-5,8,11,15-16H,2-3,6-7,9-10,12-13H2,1H3/t16-/m1/s1. The molecule has 2 fully saturated rings. The summed E-state index contributed by atoms with van der Waals surface area (Å²) in [6.07, 6.45) is 4.47. The number of methoxy groups -OCH3 is 1. The van der Waals surface area contributed by atoms with Crippen LogP contribution in [-0.2, 0) is 21.2 Å². The minimum atomic E-state index is -3.07. The molecule has 0 radical (unpaired) electrons. The third-order valence-corrected chi connectivity index (χ3v) is 7.42. The molecule has 1 aromatic carbocycles. The fourth-order valence-corrected chi connectivity index (χ4v) is 5.98. The number of amides is 1. The van der Waals surface area contributed by atoms with Gasteiger partial charge in [0.2, 0.25) is 11.7 Å².